The summed E-state index contributed by atoms with van der Waals surface area (Å²) in [7, 11) is -4.15. The van der Waals surface area contributed by atoms with E-state index in [1.54, 1.807) is 0 Å². The molecule has 0 spiro atoms. The minimum Gasteiger partial charge on any atom is -0.748 e. The fraction of sp³-hybridized carbons (Fsp3) is 0.750. The molecule has 0 bridgehead atoms. The summed E-state index contributed by atoms with van der Waals surface area (Å²) >= 11 is 0. The smallest absolute Gasteiger partial charge is 0.748 e. The Bertz CT molecular complexity index is 653. The van der Waals surface area contributed by atoms with E-state index >= 15 is 0 Å². The zero-order valence-electron chi connectivity index (χ0n) is 20.6. The number of aryl methyl sites for hydroxylation is 1. The van der Waals surface area contributed by atoms with Crippen LogP contribution in [0.1, 0.15) is 63.9 Å². The summed E-state index contributed by atoms with van der Waals surface area (Å²) in [4.78, 5) is 0. The molecule has 9 heteroatoms. The van der Waals surface area contributed by atoms with E-state index in [4.69, 9.17) is 18.9 Å². The topological polar surface area (TPSA) is 94.1 Å². The summed E-state index contributed by atoms with van der Waals surface area (Å²) in [5.74, 6) is 0.461. The van der Waals surface area contributed by atoms with Crippen LogP contribution in [0.15, 0.2) is 24.3 Å². The van der Waals surface area contributed by atoms with Crippen LogP contribution in [0.25, 0.3) is 0 Å². The Kier molecular flexibility index (Phi) is 22.2. The van der Waals surface area contributed by atoms with Gasteiger partial charge in [-0.3, -0.25) is 0 Å². The van der Waals surface area contributed by atoms with Crippen molar-refractivity contribution in [2.24, 2.45) is 0 Å². The summed E-state index contributed by atoms with van der Waals surface area (Å²) in [6.45, 7) is 5.14. The molecule has 0 amide bonds. The summed E-state index contributed by atoms with van der Waals surface area (Å²) in [6, 6.07) is 8.32. The average Bonchev–Trinajstić information content (AvgIpc) is 2.76. The molecule has 0 aliphatic carbocycles. The van der Waals surface area contributed by atoms with Crippen molar-refractivity contribution in [2.75, 3.05) is 52.0 Å². The molecule has 0 aliphatic heterocycles. The van der Waals surface area contributed by atoms with Gasteiger partial charge in [0, 0.05) is 12.4 Å². The fourth-order valence-corrected chi connectivity index (χ4v) is 3.61. The second kappa shape index (κ2) is 22.3. The molecule has 186 valence electrons. The number of benzene rings is 1. The Morgan fingerprint density at radius 1 is 0.697 bits per heavy atom. The van der Waals surface area contributed by atoms with Gasteiger partial charge >= 0.3 is 29.6 Å². The second-order valence-electron chi connectivity index (χ2n) is 7.82. The molecule has 0 radical (unpaired) electrons. The summed E-state index contributed by atoms with van der Waals surface area (Å²) < 4.78 is 53.0. The number of ether oxygens (including phenoxy) is 4. The van der Waals surface area contributed by atoms with Gasteiger partial charge in [0.05, 0.1) is 43.2 Å². The van der Waals surface area contributed by atoms with Crippen LogP contribution in [0, 0.1) is 0 Å². The third kappa shape index (κ3) is 22.0. The van der Waals surface area contributed by atoms with Crippen molar-refractivity contribution >= 4 is 10.1 Å². The minimum absolute atomic E-state index is 0. The fourth-order valence-electron chi connectivity index (χ4n) is 3.14. The van der Waals surface area contributed by atoms with Gasteiger partial charge in [-0.05, 0) is 37.0 Å². The summed E-state index contributed by atoms with van der Waals surface area (Å²) in [6.07, 6.45) is 10.6. The van der Waals surface area contributed by atoms with Crippen LogP contribution in [0.3, 0.4) is 0 Å². The third-order valence-corrected chi connectivity index (χ3v) is 5.70. The second-order valence-corrected chi connectivity index (χ2v) is 9.34. The maximum Gasteiger partial charge on any atom is 1.00 e. The van der Waals surface area contributed by atoms with Crippen LogP contribution in [-0.4, -0.2) is 65.0 Å². The first-order valence-corrected chi connectivity index (χ1v) is 13.5. The molecule has 0 aromatic heterocycles. The van der Waals surface area contributed by atoms with E-state index < -0.39 is 15.9 Å². The summed E-state index contributed by atoms with van der Waals surface area (Å²) in [5, 5.41) is 0. The predicted molar refractivity (Wildman–Crippen MR) is 125 cm³/mol. The van der Waals surface area contributed by atoms with Crippen molar-refractivity contribution in [3.05, 3.63) is 29.8 Å². The summed E-state index contributed by atoms with van der Waals surface area (Å²) in [5.41, 5.74) is 1.36. The van der Waals surface area contributed by atoms with Crippen molar-refractivity contribution in [3.8, 4) is 5.75 Å². The number of hydrogen-bond acceptors (Lipinski definition) is 7. The molecular weight excluding hydrogens is 455 g/mol. The van der Waals surface area contributed by atoms with E-state index in [2.05, 4.69) is 19.1 Å². The molecular formula is C24H41NaO7S. The van der Waals surface area contributed by atoms with Gasteiger partial charge in [-0.2, -0.15) is 0 Å². The molecule has 0 N–H and O–H groups in total. The molecule has 33 heavy (non-hydrogen) atoms. The van der Waals surface area contributed by atoms with E-state index in [0.717, 1.165) is 12.2 Å². The average molecular weight is 497 g/mol. The zero-order valence-corrected chi connectivity index (χ0v) is 23.4. The maximum atomic E-state index is 10.4. The van der Waals surface area contributed by atoms with Crippen molar-refractivity contribution in [3.63, 3.8) is 0 Å². The van der Waals surface area contributed by atoms with Gasteiger partial charge in [0.2, 0.25) is 0 Å². The first-order valence-electron chi connectivity index (χ1n) is 11.9. The van der Waals surface area contributed by atoms with E-state index in [9.17, 15) is 13.0 Å². The molecule has 7 nitrogen and oxygen atoms in total. The quantitative estimate of drug-likeness (QED) is 0.136. The van der Waals surface area contributed by atoms with E-state index in [1.807, 2.05) is 12.1 Å². The molecule has 1 aromatic rings. The van der Waals surface area contributed by atoms with Gasteiger partial charge in [0.25, 0.3) is 0 Å². The zero-order chi connectivity index (χ0) is 23.3. The number of hydrogen-bond donors (Lipinski definition) is 0. The van der Waals surface area contributed by atoms with Crippen LogP contribution >= 0.6 is 0 Å². The first kappa shape index (κ1) is 32.8. The molecule has 0 heterocycles. The SMILES string of the molecule is CCCCCCCCCc1ccc(OCCOCCOCCOCCCS(=O)(=O)[O-])cc1.[Na+]. The van der Waals surface area contributed by atoms with Crippen molar-refractivity contribution < 1.29 is 61.5 Å². The normalized spacial score (nSPS) is 11.3. The van der Waals surface area contributed by atoms with Crippen molar-refractivity contribution in [2.45, 2.75) is 64.7 Å². The third-order valence-electron chi connectivity index (χ3n) is 4.92. The Balaban J connectivity index is 0.0000102. The Morgan fingerprint density at radius 3 is 1.79 bits per heavy atom. The van der Waals surface area contributed by atoms with Crippen LogP contribution in [-0.2, 0) is 30.7 Å². The van der Waals surface area contributed by atoms with E-state index in [1.165, 1.54) is 50.5 Å². The van der Waals surface area contributed by atoms with Gasteiger partial charge in [0.1, 0.15) is 12.4 Å². The van der Waals surface area contributed by atoms with Crippen LogP contribution in [0.2, 0.25) is 0 Å². The minimum atomic E-state index is -4.15. The maximum absolute atomic E-state index is 10.4. The van der Waals surface area contributed by atoms with E-state index in [-0.39, 0.29) is 42.6 Å². The first-order chi connectivity index (χ1) is 15.5. The Labute approximate surface area is 222 Å². The molecule has 0 unspecified atom stereocenters. The molecule has 1 aromatic carbocycles. The van der Waals surface area contributed by atoms with Crippen molar-refractivity contribution in [1.82, 2.24) is 0 Å². The monoisotopic (exact) mass is 496 g/mol. The number of unbranched alkanes of at least 4 members (excludes halogenated alkanes) is 6. The Morgan fingerprint density at radius 2 is 1.21 bits per heavy atom. The molecule has 0 atom stereocenters. The Hall–Kier alpha value is -0.190. The number of rotatable bonds is 22. The molecule has 0 saturated heterocycles. The molecule has 0 fully saturated rings. The van der Waals surface area contributed by atoms with Crippen LogP contribution in [0.4, 0.5) is 0 Å². The van der Waals surface area contributed by atoms with Crippen molar-refractivity contribution in [1.29, 1.82) is 0 Å². The molecule has 0 saturated carbocycles. The van der Waals surface area contributed by atoms with Gasteiger partial charge in [-0.25, -0.2) is 8.42 Å². The predicted octanol–water partition coefficient (Wildman–Crippen LogP) is 1.35. The molecule has 0 aliphatic rings. The van der Waals surface area contributed by atoms with Crippen LogP contribution in [0.5, 0.6) is 5.75 Å². The standard InChI is InChI=1S/C24H42O7S.Na/c1-2-3-4-5-6-7-8-10-23-11-13-24(14-12-23)31-21-20-30-19-18-29-17-16-28-15-9-22-32(25,26)27;/h11-14H,2-10,15-22H2,1H3,(H,25,26,27);/q;+1/p-1. The van der Waals surface area contributed by atoms with Gasteiger partial charge in [0.15, 0.2) is 0 Å². The largest absolute Gasteiger partial charge is 1.00 e. The van der Waals surface area contributed by atoms with Crippen LogP contribution < -0.4 is 34.3 Å². The molecule has 1 rings (SSSR count). The van der Waals surface area contributed by atoms with Gasteiger partial charge in [-0.15, -0.1) is 0 Å². The van der Waals surface area contributed by atoms with Gasteiger partial charge in [-0.1, -0.05) is 57.6 Å². The van der Waals surface area contributed by atoms with Gasteiger partial charge < -0.3 is 23.5 Å². The van der Waals surface area contributed by atoms with E-state index in [0.29, 0.717) is 39.6 Å².